The van der Waals surface area contributed by atoms with Crippen LogP contribution in [-0.2, 0) is 0 Å². The summed E-state index contributed by atoms with van der Waals surface area (Å²) in [5.41, 5.74) is 6.88. The Morgan fingerprint density at radius 2 is 1.85 bits per heavy atom. The molecule has 5 nitrogen and oxygen atoms in total. The number of anilines is 2. The fraction of sp³-hybridized carbons (Fsp3) is 0.0500. The fourth-order valence-electron chi connectivity index (χ4n) is 3.10. The van der Waals surface area contributed by atoms with Crippen LogP contribution >= 0.6 is 0 Å². The summed E-state index contributed by atoms with van der Waals surface area (Å²) >= 11 is 0. The first-order valence-electron chi connectivity index (χ1n) is 8.19. The molecule has 2 aromatic carbocycles. The Hall–Kier alpha value is -3.61. The van der Waals surface area contributed by atoms with Crippen molar-refractivity contribution in [3.05, 3.63) is 76.5 Å². The van der Waals surface area contributed by atoms with Crippen molar-refractivity contribution >= 4 is 28.9 Å². The largest absolute Gasteiger partial charge is 0.508 e. The summed E-state index contributed by atoms with van der Waals surface area (Å²) < 4.78 is 28.4. The van der Waals surface area contributed by atoms with Gasteiger partial charge >= 0.3 is 0 Å². The molecule has 0 atom stereocenters. The summed E-state index contributed by atoms with van der Waals surface area (Å²) in [5.74, 6) is -2.09. The van der Waals surface area contributed by atoms with Crippen molar-refractivity contribution in [2.24, 2.45) is 0 Å². The van der Waals surface area contributed by atoms with Crippen molar-refractivity contribution in [3.63, 3.8) is 0 Å². The molecular weight excluding hydrogens is 352 g/mol. The number of nitrogens with one attached hydrogen (secondary N) is 2. The Bertz CT molecular complexity index is 1090. The molecule has 0 fully saturated rings. The quantitative estimate of drug-likeness (QED) is 0.419. The van der Waals surface area contributed by atoms with E-state index in [-0.39, 0.29) is 17.0 Å². The third-order valence-corrected chi connectivity index (χ3v) is 4.53. The number of nitrogen functional groups attached to an aromatic ring is 1. The van der Waals surface area contributed by atoms with E-state index in [0.29, 0.717) is 17.9 Å². The smallest absolute Gasteiger partial charge is 0.201 e. The number of fused-ring (bicyclic) bond motifs is 1. The van der Waals surface area contributed by atoms with Gasteiger partial charge in [0.15, 0.2) is 5.82 Å². The Morgan fingerprint density at radius 1 is 1.11 bits per heavy atom. The number of aromatic nitrogens is 1. The lowest BCUT2D eigenvalue weighted by Gasteiger charge is -2.17. The molecule has 5 N–H and O–H groups in total. The second-order valence-electron chi connectivity index (χ2n) is 6.22. The molecule has 27 heavy (non-hydrogen) atoms. The molecule has 0 aliphatic carbocycles. The minimum absolute atomic E-state index is 0.136. The van der Waals surface area contributed by atoms with Crippen molar-refractivity contribution < 1.29 is 18.7 Å². The molecule has 0 saturated carbocycles. The van der Waals surface area contributed by atoms with Gasteiger partial charge in [0.25, 0.3) is 0 Å². The van der Waals surface area contributed by atoms with Crippen LogP contribution in [0.5, 0.6) is 5.75 Å². The molecule has 0 bridgehead atoms. The second kappa shape index (κ2) is 6.28. The average Bonchev–Trinajstić information content (AvgIpc) is 3.09. The number of phenolic OH excluding ortho intramolecular Hbond substituents is 1. The monoisotopic (exact) mass is 367 g/mol. The lowest BCUT2D eigenvalue weighted by Crippen LogP contribution is -2.13. The van der Waals surface area contributed by atoms with E-state index in [0.717, 1.165) is 23.3 Å². The van der Waals surface area contributed by atoms with Crippen LogP contribution in [0.4, 0.5) is 20.3 Å². The van der Waals surface area contributed by atoms with E-state index in [1.165, 1.54) is 6.20 Å². The molecule has 1 aromatic heterocycles. The van der Waals surface area contributed by atoms with Gasteiger partial charge in [0.1, 0.15) is 17.4 Å². The number of halogens is 2. The van der Waals surface area contributed by atoms with Crippen molar-refractivity contribution in [3.8, 4) is 5.75 Å². The van der Waals surface area contributed by atoms with Gasteiger partial charge in [-0.15, -0.1) is 0 Å². The van der Waals surface area contributed by atoms with Gasteiger partial charge in [-0.3, -0.25) is 4.79 Å². The first kappa shape index (κ1) is 16.8. The maximum Gasteiger partial charge on any atom is 0.201 e. The van der Waals surface area contributed by atoms with Gasteiger partial charge in [-0.1, -0.05) is 12.1 Å². The maximum atomic E-state index is 14.3. The summed E-state index contributed by atoms with van der Waals surface area (Å²) in [7, 11) is 0. The molecule has 0 radical (unpaired) electrons. The van der Waals surface area contributed by atoms with E-state index in [9.17, 15) is 18.7 Å². The van der Waals surface area contributed by atoms with Crippen molar-refractivity contribution in [2.45, 2.75) is 0 Å². The molecule has 7 heteroatoms. The molecule has 0 spiro atoms. The number of H-pyrrole nitrogens is 1. The van der Waals surface area contributed by atoms with Gasteiger partial charge in [-0.25, -0.2) is 8.78 Å². The van der Waals surface area contributed by atoms with Gasteiger partial charge in [-0.2, -0.15) is 0 Å². The Labute approximate surface area is 153 Å². The van der Waals surface area contributed by atoms with Crippen molar-refractivity contribution in [1.82, 2.24) is 4.98 Å². The highest BCUT2D eigenvalue weighted by Gasteiger charge is 2.26. The molecule has 4 rings (SSSR count). The molecular formula is C20H15F2N3O2. The maximum absolute atomic E-state index is 14.3. The molecule has 0 saturated heterocycles. The molecule has 3 aromatic rings. The lowest BCUT2D eigenvalue weighted by molar-refractivity contribution is 0.103. The van der Waals surface area contributed by atoms with E-state index < -0.39 is 23.0 Å². The normalized spacial score (nSPS) is 12.9. The van der Waals surface area contributed by atoms with Gasteiger partial charge < -0.3 is 21.1 Å². The molecule has 0 unspecified atom stereocenters. The number of nitrogens with two attached hydrogens (primary N) is 1. The number of hydrogen-bond donors (Lipinski definition) is 4. The van der Waals surface area contributed by atoms with Crippen LogP contribution in [-0.4, -0.2) is 22.4 Å². The number of aromatic hydroxyl groups is 1. The van der Waals surface area contributed by atoms with Crippen molar-refractivity contribution in [1.29, 1.82) is 0 Å². The second-order valence-corrected chi connectivity index (χ2v) is 6.22. The predicted molar refractivity (Wildman–Crippen MR) is 99.5 cm³/mol. The van der Waals surface area contributed by atoms with Crippen LogP contribution < -0.4 is 11.1 Å². The van der Waals surface area contributed by atoms with E-state index >= 15 is 0 Å². The number of phenols is 1. The van der Waals surface area contributed by atoms with E-state index in [2.05, 4.69) is 10.3 Å². The zero-order valence-electron chi connectivity index (χ0n) is 14.0. The number of carbonyl (C=O) groups is 1. The van der Waals surface area contributed by atoms with E-state index in [4.69, 9.17) is 5.73 Å². The van der Waals surface area contributed by atoms with Crippen LogP contribution in [0.1, 0.15) is 27.0 Å². The molecule has 1 aliphatic heterocycles. The topological polar surface area (TPSA) is 91.1 Å². The van der Waals surface area contributed by atoms with Gasteiger partial charge in [-0.05, 0) is 41.5 Å². The zero-order valence-corrected chi connectivity index (χ0v) is 14.0. The van der Waals surface area contributed by atoms with Gasteiger partial charge in [0.05, 0.1) is 11.3 Å². The summed E-state index contributed by atoms with van der Waals surface area (Å²) in [6.07, 6.45) is 3.20. The molecule has 2 heterocycles. The third kappa shape index (κ3) is 2.83. The van der Waals surface area contributed by atoms with Gasteiger partial charge in [0, 0.05) is 23.9 Å². The molecule has 0 amide bonds. The fourth-order valence-corrected chi connectivity index (χ4v) is 3.10. The number of carbonyl (C=O) groups excluding carboxylic acids is 1. The SMILES string of the molecule is Nc1ccc(F)c(C(=O)c2c[nH]c3c2C=C(c2ccc(O)cc2)CN3)c1F. The lowest BCUT2D eigenvalue weighted by atomic mass is 9.95. The molecule has 1 aliphatic rings. The summed E-state index contributed by atoms with van der Waals surface area (Å²) in [4.78, 5) is 15.7. The standard InChI is InChI=1S/C20H15F2N3O2/c21-15-5-6-16(23)18(22)17(15)19(27)14-9-25-20-13(14)7-11(8-24-20)10-1-3-12(26)4-2-10/h1-7,9,24-26H,8,23H2. The minimum atomic E-state index is -1.07. The number of ketones is 1. The summed E-state index contributed by atoms with van der Waals surface area (Å²) in [6.45, 7) is 0.493. The number of hydrogen-bond acceptors (Lipinski definition) is 4. The Kier molecular flexibility index (Phi) is 3.92. The first-order valence-corrected chi connectivity index (χ1v) is 8.19. The zero-order chi connectivity index (χ0) is 19.1. The van der Waals surface area contributed by atoms with Crippen LogP contribution in [0.2, 0.25) is 0 Å². The highest BCUT2D eigenvalue weighted by atomic mass is 19.1. The van der Waals surface area contributed by atoms with E-state index in [1.54, 1.807) is 30.3 Å². The highest BCUT2D eigenvalue weighted by molar-refractivity contribution is 6.14. The number of rotatable bonds is 3. The summed E-state index contributed by atoms with van der Waals surface area (Å²) in [5, 5.41) is 12.6. The number of aromatic amines is 1. The third-order valence-electron chi connectivity index (χ3n) is 4.53. The Balaban J connectivity index is 1.79. The van der Waals surface area contributed by atoms with E-state index in [1.807, 2.05) is 0 Å². The van der Waals surface area contributed by atoms with Gasteiger partial charge in [0.2, 0.25) is 5.78 Å². The first-order chi connectivity index (χ1) is 13.0. The van der Waals surface area contributed by atoms with Crippen LogP contribution in [0.25, 0.3) is 11.6 Å². The minimum Gasteiger partial charge on any atom is -0.508 e. The van der Waals surface area contributed by atoms with Crippen LogP contribution in [0.15, 0.2) is 42.6 Å². The van der Waals surface area contributed by atoms with Crippen LogP contribution in [0.3, 0.4) is 0 Å². The van der Waals surface area contributed by atoms with Crippen LogP contribution in [0, 0.1) is 11.6 Å². The highest BCUT2D eigenvalue weighted by Crippen LogP contribution is 2.33. The predicted octanol–water partition coefficient (Wildman–Crippen LogP) is 3.78. The van der Waals surface area contributed by atoms with Crippen molar-refractivity contribution in [2.75, 3.05) is 17.6 Å². The Morgan fingerprint density at radius 3 is 2.59 bits per heavy atom. The summed E-state index contributed by atoms with van der Waals surface area (Å²) in [6, 6.07) is 8.68. The number of benzene rings is 2. The average molecular weight is 367 g/mol. The molecule has 136 valence electrons.